The lowest BCUT2D eigenvalue weighted by atomic mass is 9.98. The van der Waals surface area contributed by atoms with Crippen molar-refractivity contribution in [3.05, 3.63) is 0 Å². The maximum absolute atomic E-state index is 12.0. The summed E-state index contributed by atoms with van der Waals surface area (Å²) in [6, 6.07) is 0.00827. The third-order valence-electron chi connectivity index (χ3n) is 3.11. The Morgan fingerprint density at radius 1 is 1.35 bits per heavy atom. The second-order valence-corrected chi connectivity index (χ2v) is 6.57. The molecule has 6 heteroatoms. The zero-order valence-corrected chi connectivity index (χ0v) is 11.9. The molecule has 1 aliphatic rings. The Morgan fingerprint density at radius 2 is 1.94 bits per heavy atom. The highest BCUT2D eigenvalue weighted by Gasteiger charge is 2.27. The summed E-state index contributed by atoms with van der Waals surface area (Å²) in [5.74, 6) is 0.479. The Morgan fingerprint density at radius 3 is 2.41 bits per heavy atom. The molecular weight excluding hydrogens is 238 g/mol. The second-order valence-electron chi connectivity index (χ2n) is 4.86. The van der Waals surface area contributed by atoms with E-state index in [0.717, 1.165) is 25.9 Å². The summed E-state index contributed by atoms with van der Waals surface area (Å²) >= 11 is 0. The van der Waals surface area contributed by atoms with Crippen LogP contribution in [0.1, 0.15) is 33.6 Å². The van der Waals surface area contributed by atoms with Crippen LogP contribution in [0.5, 0.6) is 0 Å². The number of hydrogen-bond acceptors (Lipinski definition) is 3. The number of piperidine rings is 1. The van der Waals surface area contributed by atoms with E-state index >= 15 is 0 Å². The van der Waals surface area contributed by atoms with Gasteiger partial charge in [0.2, 0.25) is 0 Å². The van der Waals surface area contributed by atoms with Gasteiger partial charge >= 0.3 is 0 Å². The van der Waals surface area contributed by atoms with E-state index in [1.54, 1.807) is 11.2 Å². The first-order chi connectivity index (χ1) is 7.97. The minimum Gasteiger partial charge on any atom is -0.317 e. The van der Waals surface area contributed by atoms with Crippen molar-refractivity contribution >= 4 is 10.2 Å². The van der Waals surface area contributed by atoms with E-state index in [2.05, 4.69) is 10.0 Å². The molecule has 0 unspecified atom stereocenters. The Balaban J connectivity index is 2.65. The van der Waals surface area contributed by atoms with E-state index in [1.807, 2.05) is 13.8 Å². The SMILES string of the molecule is CCNS(=O)(=O)N(CC1CCNCC1)C(C)C. The molecule has 2 N–H and O–H groups in total. The molecule has 0 aromatic rings. The Hall–Kier alpha value is -0.170. The summed E-state index contributed by atoms with van der Waals surface area (Å²) in [7, 11) is -3.31. The molecule has 0 amide bonds. The lowest BCUT2D eigenvalue weighted by Gasteiger charge is -2.31. The highest BCUT2D eigenvalue weighted by atomic mass is 32.2. The lowest BCUT2D eigenvalue weighted by molar-refractivity contribution is 0.258. The first kappa shape index (κ1) is 14.9. The van der Waals surface area contributed by atoms with Crippen LogP contribution in [0.15, 0.2) is 0 Å². The fraction of sp³-hybridized carbons (Fsp3) is 1.00. The van der Waals surface area contributed by atoms with E-state index in [-0.39, 0.29) is 6.04 Å². The predicted molar refractivity (Wildman–Crippen MR) is 70.0 cm³/mol. The zero-order chi connectivity index (χ0) is 12.9. The van der Waals surface area contributed by atoms with Crippen LogP contribution in [0, 0.1) is 5.92 Å². The quantitative estimate of drug-likeness (QED) is 0.736. The van der Waals surface area contributed by atoms with Gasteiger partial charge in [-0.1, -0.05) is 6.92 Å². The number of hydrogen-bond donors (Lipinski definition) is 2. The van der Waals surface area contributed by atoms with Gasteiger partial charge < -0.3 is 5.32 Å². The fourth-order valence-electron chi connectivity index (χ4n) is 2.17. The molecule has 0 spiro atoms. The van der Waals surface area contributed by atoms with E-state index in [0.29, 0.717) is 19.0 Å². The third kappa shape index (κ3) is 4.54. The van der Waals surface area contributed by atoms with Gasteiger partial charge in [0.15, 0.2) is 0 Å². The fourth-order valence-corrected chi connectivity index (χ4v) is 3.66. The molecule has 0 bridgehead atoms. The van der Waals surface area contributed by atoms with Gasteiger partial charge in [-0.15, -0.1) is 0 Å². The standard InChI is InChI=1S/C11H25N3O2S/c1-4-13-17(15,16)14(10(2)3)9-11-5-7-12-8-6-11/h10-13H,4-9H2,1-3H3. The maximum Gasteiger partial charge on any atom is 0.279 e. The van der Waals surface area contributed by atoms with Gasteiger partial charge in [0.25, 0.3) is 10.2 Å². The van der Waals surface area contributed by atoms with Crippen LogP contribution in [0.25, 0.3) is 0 Å². The Labute approximate surface area is 105 Å². The van der Waals surface area contributed by atoms with Crippen LogP contribution in [-0.2, 0) is 10.2 Å². The number of nitrogens with one attached hydrogen (secondary N) is 2. The van der Waals surface area contributed by atoms with Gasteiger partial charge in [0.05, 0.1) is 0 Å². The minimum absolute atomic E-state index is 0.00827. The molecule has 1 heterocycles. The first-order valence-electron chi connectivity index (χ1n) is 6.44. The normalized spacial score (nSPS) is 19.1. The van der Waals surface area contributed by atoms with E-state index in [1.165, 1.54) is 0 Å². The topological polar surface area (TPSA) is 61.4 Å². The lowest BCUT2D eigenvalue weighted by Crippen LogP contribution is -2.47. The van der Waals surface area contributed by atoms with Crippen LogP contribution >= 0.6 is 0 Å². The highest BCUT2D eigenvalue weighted by Crippen LogP contribution is 2.17. The molecule has 0 saturated carbocycles. The van der Waals surface area contributed by atoms with Gasteiger partial charge in [-0.25, -0.2) is 4.72 Å². The summed E-state index contributed by atoms with van der Waals surface area (Å²) in [6.07, 6.45) is 2.12. The molecule has 102 valence electrons. The van der Waals surface area contributed by atoms with Crippen LogP contribution in [-0.4, -0.2) is 44.9 Å². The largest absolute Gasteiger partial charge is 0.317 e. The van der Waals surface area contributed by atoms with Crippen molar-refractivity contribution < 1.29 is 8.42 Å². The van der Waals surface area contributed by atoms with Crippen molar-refractivity contribution in [2.24, 2.45) is 5.92 Å². The molecule has 1 saturated heterocycles. The van der Waals surface area contributed by atoms with Crippen molar-refractivity contribution in [2.45, 2.75) is 39.7 Å². The first-order valence-corrected chi connectivity index (χ1v) is 7.88. The van der Waals surface area contributed by atoms with Gasteiger partial charge in [-0.05, 0) is 45.7 Å². The molecule has 0 aliphatic carbocycles. The molecule has 1 aliphatic heterocycles. The van der Waals surface area contributed by atoms with Gasteiger partial charge in [-0.2, -0.15) is 12.7 Å². The summed E-state index contributed by atoms with van der Waals surface area (Å²) in [5, 5.41) is 3.30. The summed E-state index contributed by atoms with van der Waals surface area (Å²) in [4.78, 5) is 0. The zero-order valence-electron chi connectivity index (χ0n) is 11.1. The van der Waals surface area contributed by atoms with Crippen LogP contribution in [0.4, 0.5) is 0 Å². The van der Waals surface area contributed by atoms with E-state index in [9.17, 15) is 8.42 Å². The predicted octanol–water partition coefficient (Wildman–Crippen LogP) is 0.551. The van der Waals surface area contributed by atoms with E-state index in [4.69, 9.17) is 0 Å². The summed E-state index contributed by atoms with van der Waals surface area (Å²) in [5.41, 5.74) is 0. The maximum atomic E-state index is 12.0. The number of rotatable bonds is 6. The second kappa shape index (κ2) is 6.68. The van der Waals surface area contributed by atoms with Crippen LogP contribution < -0.4 is 10.0 Å². The van der Waals surface area contributed by atoms with Gasteiger partial charge in [0.1, 0.15) is 0 Å². The third-order valence-corrected chi connectivity index (χ3v) is 4.95. The smallest absolute Gasteiger partial charge is 0.279 e. The molecule has 17 heavy (non-hydrogen) atoms. The summed E-state index contributed by atoms with van der Waals surface area (Å²) < 4.78 is 28.3. The minimum atomic E-state index is -3.31. The number of nitrogens with zero attached hydrogens (tertiary/aromatic N) is 1. The molecule has 0 aromatic heterocycles. The highest BCUT2D eigenvalue weighted by molar-refractivity contribution is 7.87. The van der Waals surface area contributed by atoms with Gasteiger partial charge in [0, 0.05) is 19.1 Å². The van der Waals surface area contributed by atoms with Crippen molar-refractivity contribution in [1.29, 1.82) is 0 Å². The average molecular weight is 263 g/mol. The van der Waals surface area contributed by atoms with Crippen molar-refractivity contribution in [1.82, 2.24) is 14.3 Å². The molecule has 5 nitrogen and oxygen atoms in total. The van der Waals surface area contributed by atoms with Crippen LogP contribution in [0.3, 0.4) is 0 Å². The van der Waals surface area contributed by atoms with Crippen LogP contribution in [0.2, 0.25) is 0 Å². The molecule has 0 aromatic carbocycles. The van der Waals surface area contributed by atoms with Crippen molar-refractivity contribution in [3.8, 4) is 0 Å². The molecule has 0 atom stereocenters. The monoisotopic (exact) mass is 263 g/mol. The Bertz CT molecular complexity index is 311. The van der Waals surface area contributed by atoms with Gasteiger partial charge in [-0.3, -0.25) is 0 Å². The van der Waals surface area contributed by atoms with Crippen molar-refractivity contribution in [3.63, 3.8) is 0 Å². The molecule has 0 radical (unpaired) electrons. The average Bonchev–Trinajstić information content (AvgIpc) is 2.26. The Kier molecular flexibility index (Phi) is 5.85. The summed E-state index contributed by atoms with van der Waals surface area (Å²) in [6.45, 7) is 8.73. The molecular formula is C11H25N3O2S. The van der Waals surface area contributed by atoms with Crippen molar-refractivity contribution in [2.75, 3.05) is 26.2 Å². The van der Waals surface area contributed by atoms with E-state index < -0.39 is 10.2 Å². The molecule has 1 fully saturated rings. The molecule has 1 rings (SSSR count).